The van der Waals surface area contributed by atoms with Crippen LogP contribution < -0.4 is 10.6 Å². The molecule has 1 aromatic carbocycles. The van der Waals surface area contributed by atoms with Gasteiger partial charge in [0.1, 0.15) is 6.04 Å². The third-order valence-corrected chi connectivity index (χ3v) is 4.91. The van der Waals surface area contributed by atoms with Gasteiger partial charge in [-0.2, -0.15) is 0 Å². The van der Waals surface area contributed by atoms with Gasteiger partial charge in [-0.1, -0.05) is 36.4 Å². The molecule has 2 unspecified atom stereocenters. The van der Waals surface area contributed by atoms with Gasteiger partial charge in [0.25, 0.3) is 5.91 Å². The minimum Gasteiger partial charge on any atom is -0.353 e. The van der Waals surface area contributed by atoms with Crippen molar-refractivity contribution in [2.24, 2.45) is 0 Å². The van der Waals surface area contributed by atoms with Crippen LogP contribution >= 0.6 is 11.3 Å². The Morgan fingerprint density at radius 1 is 1.12 bits per heavy atom. The molecule has 0 saturated heterocycles. The Morgan fingerprint density at radius 3 is 2.44 bits per heavy atom. The molecule has 0 radical (unpaired) electrons. The first kappa shape index (κ1) is 19.1. The van der Waals surface area contributed by atoms with E-state index in [9.17, 15) is 9.59 Å². The molecule has 2 atom stereocenters. The van der Waals surface area contributed by atoms with Crippen LogP contribution in [0.3, 0.4) is 0 Å². The monoisotopic (exact) mass is 359 g/mol. The van der Waals surface area contributed by atoms with Crippen LogP contribution in [-0.2, 0) is 11.2 Å². The fourth-order valence-electron chi connectivity index (χ4n) is 2.44. The fourth-order valence-corrected chi connectivity index (χ4v) is 3.06. The average Bonchev–Trinajstić information content (AvgIpc) is 3.13. The molecule has 0 aliphatic carbocycles. The molecule has 134 valence electrons. The average molecular weight is 359 g/mol. The van der Waals surface area contributed by atoms with Crippen molar-refractivity contribution in [2.45, 2.75) is 25.4 Å². The first-order chi connectivity index (χ1) is 12.0. The van der Waals surface area contributed by atoms with E-state index in [1.54, 1.807) is 13.0 Å². The van der Waals surface area contributed by atoms with Gasteiger partial charge >= 0.3 is 0 Å². The molecular formula is C19H25N3O2S. The number of likely N-dealkylation sites (N-methyl/N-ethyl adjacent to an activating group) is 1. The number of hydrogen-bond donors (Lipinski definition) is 2. The van der Waals surface area contributed by atoms with Crippen LogP contribution in [0.4, 0.5) is 0 Å². The summed E-state index contributed by atoms with van der Waals surface area (Å²) in [6.07, 6.45) is 0.851. The predicted octanol–water partition coefficient (Wildman–Crippen LogP) is 2.16. The molecule has 25 heavy (non-hydrogen) atoms. The van der Waals surface area contributed by atoms with Crippen molar-refractivity contribution >= 4 is 23.2 Å². The van der Waals surface area contributed by atoms with Crippen molar-refractivity contribution in [1.82, 2.24) is 15.5 Å². The molecule has 0 saturated carbocycles. The largest absolute Gasteiger partial charge is 0.353 e. The van der Waals surface area contributed by atoms with Crippen molar-refractivity contribution in [3.8, 4) is 0 Å². The van der Waals surface area contributed by atoms with Gasteiger partial charge in [0.15, 0.2) is 0 Å². The Labute approximate surface area is 153 Å². The molecule has 1 heterocycles. The molecule has 6 heteroatoms. The highest BCUT2D eigenvalue weighted by atomic mass is 32.1. The number of amides is 2. The van der Waals surface area contributed by atoms with Crippen LogP contribution in [0.1, 0.15) is 22.2 Å². The number of thiophene rings is 1. The van der Waals surface area contributed by atoms with Crippen molar-refractivity contribution in [2.75, 3.05) is 20.6 Å². The molecule has 2 aromatic rings. The maximum absolute atomic E-state index is 12.3. The summed E-state index contributed by atoms with van der Waals surface area (Å²) in [6, 6.07) is 13.4. The summed E-state index contributed by atoms with van der Waals surface area (Å²) in [5.74, 6) is -0.393. The first-order valence-electron chi connectivity index (χ1n) is 8.30. The topological polar surface area (TPSA) is 61.4 Å². The maximum atomic E-state index is 12.3. The van der Waals surface area contributed by atoms with E-state index in [0.29, 0.717) is 11.4 Å². The third kappa shape index (κ3) is 5.99. The minimum absolute atomic E-state index is 0.176. The zero-order chi connectivity index (χ0) is 18.2. The van der Waals surface area contributed by atoms with Crippen LogP contribution in [0, 0.1) is 0 Å². The van der Waals surface area contributed by atoms with Crippen molar-refractivity contribution in [1.29, 1.82) is 0 Å². The molecule has 0 bridgehead atoms. The lowest BCUT2D eigenvalue weighted by Gasteiger charge is -2.25. The van der Waals surface area contributed by atoms with Gasteiger partial charge in [-0.3, -0.25) is 9.59 Å². The number of carbonyl (C=O) groups excluding carboxylic acids is 2. The Bertz CT molecular complexity index is 671. The highest BCUT2D eigenvalue weighted by molar-refractivity contribution is 7.12. The lowest BCUT2D eigenvalue weighted by atomic mass is 10.1. The number of rotatable bonds is 8. The lowest BCUT2D eigenvalue weighted by Crippen LogP contribution is -2.48. The van der Waals surface area contributed by atoms with Gasteiger partial charge in [-0.15, -0.1) is 11.3 Å². The van der Waals surface area contributed by atoms with E-state index in [2.05, 4.69) is 27.7 Å². The van der Waals surface area contributed by atoms with Crippen LogP contribution in [0.5, 0.6) is 0 Å². The number of hydrogen-bond acceptors (Lipinski definition) is 4. The summed E-state index contributed by atoms with van der Waals surface area (Å²) in [7, 11) is 4.00. The van der Waals surface area contributed by atoms with Crippen molar-refractivity contribution in [3.05, 3.63) is 58.3 Å². The Balaban J connectivity index is 1.84. The van der Waals surface area contributed by atoms with Crippen molar-refractivity contribution in [3.63, 3.8) is 0 Å². The third-order valence-electron chi connectivity index (χ3n) is 4.04. The molecule has 1 aromatic heterocycles. The molecule has 0 aliphatic heterocycles. The summed E-state index contributed by atoms with van der Waals surface area (Å²) >= 11 is 1.36. The van der Waals surface area contributed by atoms with Gasteiger partial charge in [0.05, 0.1) is 4.88 Å². The summed E-state index contributed by atoms with van der Waals surface area (Å²) in [6.45, 7) is 2.22. The van der Waals surface area contributed by atoms with Gasteiger partial charge in [0.2, 0.25) is 5.91 Å². The van der Waals surface area contributed by atoms with E-state index in [4.69, 9.17) is 0 Å². The standard InChI is InChI=1S/C19H25N3O2S/c1-14(21-19(24)17-10-7-11-25-17)18(23)20-13-16(22(2)3)12-15-8-5-4-6-9-15/h4-11,14,16H,12-13H2,1-3H3,(H,20,23)(H,21,24). The predicted molar refractivity (Wildman–Crippen MR) is 102 cm³/mol. The Morgan fingerprint density at radius 2 is 1.84 bits per heavy atom. The van der Waals surface area contributed by atoms with Crippen LogP contribution in [0.25, 0.3) is 0 Å². The lowest BCUT2D eigenvalue weighted by molar-refractivity contribution is -0.122. The maximum Gasteiger partial charge on any atom is 0.261 e. The SMILES string of the molecule is CC(NC(=O)c1cccs1)C(=O)NCC(Cc1ccccc1)N(C)C. The Hall–Kier alpha value is -2.18. The van der Waals surface area contributed by atoms with Gasteiger partial charge < -0.3 is 15.5 Å². The zero-order valence-electron chi connectivity index (χ0n) is 14.9. The van der Waals surface area contributed by atoms with Crippen LogP contribution in [-0.4, -0.2) is 49.4 Å². The fraction of sp³-hybridized carbons (Fsp3) is 0.368. The van der Waals surface area contributed by atoms with Gasteiger partial charge in [-0.05, 0) is 44.4 Å². The van der Waals surface area contributed by atoms with E-state index >= 15 is 0 Å². The number of benzene rings is 1. The molecular weight excluding hydrogens is 334 g/mol. The highest BCUT2D eigenvalue weighted by Crippen LogP contribution is 2.08. The smallest absolute Gasteiger partial charge is 0.261 e. The van der Waals surface area contributed by atoms with Crippen LogP contribution in [0.2, 0.25) is 0 Å². The van der Waals surface area contributed by atoms with Gasteiger partial charge in [-0.25, -0.2) is 0 Å². The summed E-state index contributed by atoms with van der Waals surface area (Å²) < 4.78 is 0. The molecule has 2 rings (SSSR count). The molecule has 0 fully saturated rings. The quantitative estimate of drug-likeness (QED) is 0.759. The molecule has 2 amide bonds. The summed E-state index contributed by atoms with van der Waals surface area (Å²) in [5, 5.41) is 7.51. The number of nitrogens with one attached hydrogen (secondary N) is 2. The molecule has 2 N–H and O–H groups in total. The minimum atomic E-state index is -0.575. The van der Waals surface area contributed by atoms with E-state index in [0.717, 1.165) is 6.42 Å². The normalized spacial score (nSPS) is 13.3. The summed E-state index contributed by atoms with van der Waals surface area (Å²) in [5.41, 5.74) is 1.23. The summed E-state index contributed by atoms with van der Waals surface area (Å²) in [4.78, 5) is 27.0. The van der Waals surface area contributed by atoms with E-state index in [-0.39, 0.29) is 17.9 Å². The van der Waals surface area contributed by atoms with Gasteiger partial charge in [0, 0.05) is 12.6 Å². The molecule has 0 aliphatic rings. The van der Waals surface area contributed by atoms with Crippen molar-refractivity contribution < 1.29 is 9.59 Å². The number of carbonyl (C=O) groups is 2. The highest BCUT2D eigenvalue weighted by Gasteiger charge is 2.19. The second-order valence-corrected chi connectivity index (χ2v) is 7.17. The second kappa shape index (κ2) is 9.34. The zero-order valence-corrected chi connectivity index (χ0v) is 15.7. The van der Waals surface area contributed by atoms with E-state index < -0.39 is 6.04 Å². The Kier molecular flexibility index (Phi) is 7.16. The van der Waals surface area contributed by atoms with E-state index in [1.165, 1.54) is 16.9 Å². The van der Waals surface area contributed by atoms with Crippen LogP contribution in [0.15, 0.2) is 47.8 Å². The first-order valence-corrected chi connectivity index (χ1v) is 9.17. The number of nitrogens with zero attached hydrogens (tertiary/aromatic N) is 1. The van der Waals surface area contributed by atoms with E-state index in [1.807, 2.05) is 43.7 Å². The second-order valence-electron chi connectivity index (χ2n) is 6.22. The molecule has 0 spiro atoms. The molecule has 5 nitrogen and oxygen atoms in total.